The molecule has 0 aliphatic carbocycles. The molecular weight excluding hydrogens is 773 g/mol. The van der Waals surface area contributed by atoms with Gasteiger partial charge in [-0.1, -0.05) is 86.3 Å². The van der Waals surface area contributed by atoms with Gasteiger partial charge in [-0.05, 0) is 105 Å². The summed E-state index contributed by atoms with van der Waals surface area (Å²) in [6, 6.07) is 25.0. The number of quaternary nitrogens is 2. The Bertz CT molecular complexity index is 2060. The van der Waals surface area contributed by atoms with Crippen molar-refractivity contribution >= 4 is 0 Å². The maximum atomic E-state index is 13.7. The van der Waals surface area contributed by atoms with Crippen molar-refractivity contribution in [1.29, 1.82) is 0 Å². The summed E-state index contributed by atoms with van der Waals surface area (Å²) in [6.07, 6.45) is 16.4. The molecule has 3 heterocycles. The molecule has 1 aliphatic heterocycles. The van der Waals surface area contributed by atoms with Crippen LogP contribution in [0.25, 0.3) is 0 Å². The van der Waals surface area contributed by atoms with Crippen LogP contribution in [0.2, 0.25) is 0 Å². The molecule has 340 valence electrons. The van der Waals surface area contributed by atoms with Crippen LogP contribution in [-0.2, 0) is 39.3 Å². The number of hydrogen-bond donors (Lipinski definition) is 0. The summed E-state index contributed by atoms with van der Waals surface area (Å²) in [4.78, 5) is 53.4. The molecule has 0 saturated carbocycles. The van der Waals surface area contributed by atoms with E-state index in [2.05, 4.69) is 74.5 Å². The first-order valence-corrected chi connectivity index (χ1v) is 24.5. The zero-order valence-electron chi connectivity index (χ0n) is 39.0. The van der Waals surface area contributed by atoms with Gasteiger partial charge < -0.3 is 8.97 Å². The van der Waals surface area contributed by atoms with Crippen molar-refractivity contribution in [2.75, 3.05) is 39.3 Å². The van der Waals surface area contributed by atoms with E-state index in [1.807, 2.05) is 23.0 Å². The Kier molecular flexibility index (Phi) is 19.8. The average molecular weight is 853 g/mol. The van der Waals surface area contributed by atoms with E-state index in [9.17, 15) is 19.2 Å². The Balaban J connectivity index is 1.28. The minimum absolute atomic E-state index is 0.155. The van der Waals surface area contributed by atoms with Gasteiger partial charge in [0, 0.05) is 60.8 Å². The molecule has 4 aromatic rings. The first kappa shape index (κ1) is 48.7. The Morgan fingerprint density at radius 1 is 0.403 bits per heavy atom. The van der Waals surface area contributed by atoms with Crippen LogP contribution in [0.15, 0.2) is 92.0 Å². The standard InChI is InChI=1S/C52H80N6O4/c1-5-57(43-47-29-17-15-18-30-47)37-25-11-7-21-33-53-45(3)41-49(59)55(51(53)61)35-23-9-13-27-39-58(6-2,44-48-31-19-16-20-32-48)40-28-14-10-24-36-56-50(60)42-46(4)54(52(56)62)34-22-8-12-26-38-57/h15-20,29-32,41-42H,5-14,21-28,33-40,43-44H2,1-4H3/q+2. The molecule has 10 heteroatoms. The van der Waals surface area contributed by atoms with Crippen molar-refractivity contribution in [2.45, 2.75) is 170 Å². The molecule has 62 heavy (non-hydrogen) atoms. The van der Waals surface area contributed by atoms with Crippen LogP contribution in [0.5, 0.6) is 0 Å². The third kappa shape index (κ3) is 14.4. The Labute approximate surface area is 372 Å². The summed E-state index contributed by atoms with van der Waals surface area (Å²) in [6.45, 7) is 19.2. The zero-order chi connectivity index (χ0) is 44.2. The van der Waals surface area contributed by atoms with E-state index >= 15 is 0 Å². The molecule has 2 aromatic heterocycles. The van der Waals surface area contributed by atoms with E-state index in [-0.39, 0.29) is 22.5 Å². The van der Waals surface area contributed by atoms with E-state index < -0.39 is 0 Å². The Hall–Kier alpha value is -4.28. The number of fused-ring (bicyclic) bond motifs is 4. The van der Waals surface area contributed by atoms with Gasteiger partial charge in [0.25, 0.3) is 11.1 Å². The fourth-order valence-electron chi connectivity index (χ4n) is 10.0. The molecule has 0 atom stereocenters. The molecule has 0 radical (unpaired) electrons. The highest BCUT2D eigenvalue weighted by Gasteiger charge is 2.26. The van der Waals surface area contributed by atoms with Crippen molar-refractivity contribution in [2.24, 2.45) is 0 Å². The van der Waals surface area contributed by atoms with Gasteiger partial charge in [0.2, 0.25) is 0 Å². The maximum absolute atomic E-state index is 13.7. The molecule has 0 N–H and O–H groups in total. The van der Waals surface area contributed by atoms with Gasteiger partial charge in [-0.25, -0.2) is 9.59 Å². The molecule has 0 saturated heterocycles. The summed E-state index contributed by atoms with van der Waals surface area (Å²) in [5, 5.41) is 0. The Morgan fingerprint density at radius 2 is 0.694 bits per heavy atom. The molecular formula is C52H80N6O4+2. The average Bonchev–Trinajstić information content (AvgIpc) is 3.26. The van der Waals surface area contributed by atoms with E-state index in [0.29, 0.717) is 26.2 Å². The second kappa shape index (κ2) is 25.1. The number of aryl methyl sites for hydroxylation is 2. The van der Waals surface area contributed by atoms with Gasteiger partial charge in [-0.2, -0.15) is 0 Å². The monoisotopic (exact) mass is 853 g/mol. The van der Waals surface area contributed by atoms with Crippen LogP contribution >= 0.6 is 0 Å². The fraction of sp³-hybridized carbons (Fsp3) is 0.615. The van der Waals surface area contributed by atoms with Gasteiger partial charge in [0.15, 0.2) is 0 Å². The van der Waals surface area contributed by atoms with Gasteiger partial charge in [0.05, 0.1) is 39.3 Å². The summed E-state index contributed by atoms with van der Waals surface area (Å²) in [7, 11) is 0. The normalized spacial score (nSPS) is 21.6. The maximum Gasteiger partial charge on any atom is 0.331 e. The highest BCUT2D eigenvalue weighted by atomic mass is 16.2. The fourth-order valence-corrected chi connectivity index (χ4v) is 10.0. The number of nitrogens with zero attached hydrogens (tertiary/aromatic N) is 6. The van der Waals surface area contributed by atoms with Crippen LogP contribution in [0.3, 0.4) is 0 Å². The summed E-state index contributed by atoms with van der Waals surface area (Å²) in [5.41, 5.74) is 3.59. The first-order chi connectivity index (χ1) is 30.1. The molecule has 10 nitrogen and oxygen atoms in total. The van der Waals surface area contributed by atoms with Crippen molar-refractivity contribution in [3.63, 3.8) is 0 Å². The second-order valence-electron chi connectivity index (χ2n) is 18.6. The lowest BCUT2D eigenvalue weighted by Gasteiger charge is -2.38. The highest BCUT2D eigenvalue weighted by molar-refractivity contribution is 5.14. The van der Waals surface area contributed by atoms with E-state index in [1.54, 1.807) is 12.1 Å². The van der Waals surface area contributed by atoms with Crippen molar-refractivity contribution in [1.82, 2.24) is 18.3 Å². The highest BCUT2D eigenvalue weighted by Crippen LogP contribution is 2.22. The molecule has 2 aromatic carbocycles. The van der Waals surface area contributed by atoms with Gasteiger partial charge in [0.1, 0.15) is 13.1 Å². The molecule has 0 amide bonds. The quantitative estimate of drug-likeness (QED) is 0.181. The number of hydrogen-bond acceptors (Lipinski definition) is 4. The molecule has 0 fully saturated rings. The van der Waals surface area contributed by atoms with E-state index in [1.165, 1.54) is 20.3 Å². The largest absolute Gasteiger partial charge is 0.331 e. The number of aromatic nitrogens is 4. The topological polar surface area (TPSA) is 88.0 Å². The van der Waals surface area contributed by atoms with Gasteiger partial charge in [-0.3, -0.25) is 27.9 Å². The molecule has 1 aliphatic rings. The smallest absolute Gasteiger partial charge is 0.320 e. The minimum Gasteiger partial charge on any atom is -0.320 e. The Morgan fingerprint density at radius 3 is 1.00 bits per heavy atom. The van der Waals surface area contributed by atoms with Crippen LogP contribution in [0.4, 0.5) is 0 Å². The summed E-state index contributed by atoms with van der Waals surface area (Å²) < 4.78 is 8.69. The SMILES string of the molecule is CC[N+]1(Cc2ccccc2)CCCCCCn2c(C)cc(=O)n(c2=O)CCCCCC[N+](CC)(Cc2ccccc2)CCCCCCn2c(=O)cc(C)n(c2=O)CCCCCC1. The lowest BCUT2D eigenvalue weighted by atomic mass is 10.1. The zero-order valence-corrected chi connectivity index (χ0v) is 39.0. The lowest BCUT2D eigenvalue weighted by molar-refractivity contribution is -0.939. The van der Waals surface area contributed by atoms with E-state index in [4.69, 9.17) is 0 Å². The van der Waals surface area contributed by atoms with Crippen molar-refractivity contribution < 1.29 is 8.97 Å². The molecule has 5 rings (SSSR count). The van der Waals surface area contributed by atoms with Crippen molar-refractivity contribution in [3.05, 3.63) is 137 Å². The third-order valence-corrected chi connectivity index (χ3v) is 14.1. The molecule has 0 spiro atoms. The predicted octanol–water partition coefficient (Wildman–Crippen LogP) is 8.98. The van der Waals surface area contributed by atoms with E-state index in [0.717, 1.165) is 175 Å². The molecule has 0 unspecified atom stereocenters. The van der Waals surface area contributed by atoms with Crippen LogP contribution in [-0.4, -0.2) is 66.5 Å². The van der Waals surface area contributed by atoms with Gasteiger partial charge >= 0.3 is 11.4 Å². The third-order valence-electron chi connectivity index (χ3n) is 14.1. The van der Waals surface area contributed by atoms with Crippen LogP contribution < -0.4 is 22.5 Å². The van der Waals surface area contributed by atoms with Gasteiger partial charge in [-0.15, -0.1) is 0 Å². The predicted molar refractivity (Wildman–Crippen MR) is 255 cm³/mol. The summed E-state index contributed by atoms with van der Waals surface area (Å²) in [5.74, 6) is 0. The number of rotatable bonds is 6. The molecule has 4 bridgehead atoms. The first-order valence-electron chi connectivity index (χ1n) is 24.5. The van der Waals surface area contributed by atoms with Crippen LogP contribution in [0, 0.1) is 13.8 Å². The number of benzene rings is 2. The van der Waals surface area contributed by atoms with Crippen molar-refractivity contribution in [3.8, 4) is 0 Å². The lowest BCUT2D eigenvalue weighted by Crippen LogP contribution is -2.48. The minimum atomic E-state index is -0.180. The van der Waals surface area contributed by atoms with Crippen LogP contribution in [0.1, 0.15) is 139 Å². The summed E-state index contributed by atoms with van der Waals surface area (Å²) >= 11 is 0. The second-order valence-corrected chi connectivity index (χ2v) is 18.6.